The average molecular weight is 412 g/mol. The first-order chi connectivity index (χ1) is 14.4. The molecule has 0 fully saturated rings. The van der Waals surface area contributed by atoms with Crippen LogP contribution in [-0.4, -0.2) is 0 Å². The number of halogens is 5. The van der Waals surface area contributed by atoms with Crippen LogP contribution in [0.1, 0.15) is 18.9 Å². The van der Waals surface area contributed by atoms with E-state index in [0.717, 1.165) is 36.2 Å². The van der Waals surface area contributed by atoms with Crippen LogP contribution in [0.15, 0.2) is 60.7 Å². The van der Waals surface area contributed by atoms with Gasteiger partial charge in [-0.1, -0.05) is 37.6 Å². The van der Waals surface area contributed by atoms with Crippen LogP contribution >= 0.6 is 0 Å². The smallest absolute Gasteiger partial charge is 0.159 e. The summed E-state index contributed by atoms with van der Waals surface area (Å²) in [6.07, 6.45) is 1.57. The largest absolute Gasteiger partial charge is 0.206 e. The van der Waals surface area contributed by atoms with Crippen molar-refractivity contribution >= 4 is 10.8 Å². The third-order valence-electron chi connectivity index (χ3n) is 5.09. The summed E-state index contributed by atoms with van der Waals surface area (Å²) in [5, 5.41) is 0.719. The molecule has 152 valence electrons. The summed E-state index contributed by atoms with van der Waals surface area (Å²) in [6.45, 7) is 1.98. The van der Waals surface area contributed by atoms with E-state index in [2.05, 4.69) is 0 Å². The Morgan fingerprint density at radius 3 is 1.87 bits per heavy atom. The minimum Gasteiger partial charge on any atom is -0.206 e. The van der Waals surface area contributed by atoms with Gasteiger partial charge in [-0.2, -0.15) is 0 Å². The summed E-state index contributed by atoms with van der Waals surface area (Å²) in [5.74, 6) is -4.33. The summed E-state index contributed by atoms with van der Waals surface area (Å²) in [6, 6.07) is 13.1. The van der Waals surface area contributed by atoms with Crippen LogP contribution in [0.2, 0.25) is 0 Å². The predicted octanol–water partition coefficient (Wildman–Crippen LogP) is 7.82. The highest BCUT2D eigenvalue weighted by Gasteiger charge is 2.17. The van der Waals surface area contributed by atoms with E-state index in [1.165, 1.54) is 30.3 Å². The zero-order valence-corrected chi connectivity index (χ0v) is 16.1. The number of rotatable bonds is 4. The fourth-order valence-corrected chi connectivity index (χ4v) is 3.64. The fourth-order valence-electron chi connectivity index (χ4n) is 3.64. The maximum atomic E-state index is 14.9. The fraction of sp³-hybridized carbons (Fsp3) is 0.120. The van der Waals surface area contributed by atoms with Gasteiger partial charge in [0, 0.05) is 5.56 Å². The summed E-state index contributed by atoms with van der Waals surface area (Å²) >= 11 is 0. The van der Waals surface area contributed by atoms with E-state index < -0.39 is 29.1 Å². The molecule has 0 aromatic heterocycles. The Balaban J connectivity index is 1.78. The second-order valence-corrected chi connectivity index (χ2v) is 7.21. The molecule has 0 radical (unpaired) electrons. The third kappa shape index (κ3) is 3.67. The van der Waals surface area contributed by atoms with Gasteiger partial charge in [0.05, 0.1) is 5.56 Å². The van der Waals surface area contributed by atoms with Gasteiger partial charge in [0.1, 0.15) is 17.5 Å². The maximum absolute atomic E-state index is 14.9. The predicted molar refractivity (Wildman–Crippen MR) is 109 cm³/mol. The first kappa shape index (κ1) is 20.1. The number of hydrogen-bond donors (Lipinski definition) is 0. The molecule has 0 aliphatic carbocycles. The van der Waals surface area contributed by atoms with Gasteiger partial charge in [-0.25, -0.2) is 22.0 Å². The third-order valence-corrected chi connectivity index (χ3v) is 5.09. The van der Waals surface area contributed by atoms with Gasteiger partial charge in [0.15, 0.2) is 11.6 Å². The second-order valence-electron chi connectivity index (χ2n) is 7.21. The molecule has 0 N–H and O–H groups in total. The molecule has 4 aromatic carbocycles. The highest BCUT2D eigenvalue weighted by molar-refractivity contribution is 5.88. The van der Waals surface area contributed by atoms with Crippen molar-refractivity contribution in [1.82, 2.24) is 0 Å². The lowest BCUT2D eigenvalue weighted by molar-refractivity contribution is 0.511. The first-order valence-corrected chi connectivity index (χ1v) is 9.54. The topological polar surface area (TPSA) is 0 Å². The Morgan fingerprint density at radius 1 is 0.567 bits per heavy atom. The molecular weight excluding hydrogens is 395 g/mol. The molecule has 0 nitrogen and oxygen atoms in total. The number of aryl methyl sites for hydroxylation is 1. The Hall–Kier alpha value is -3.21. The van der Waals surface area contributed by atoms with Crippen LogP contribution in [0.25, 0.3) is 33.0 Å². The molecule has 0 amide bonds. The Kier molecular flexibility index (Phi) is 5.29. The van der Waals surface area contributed by atoms with Crippen molar-refractivity contribution in [3.05, 3.63) is 95.3 Å². The Labute approximate surface area is 170 Å². The summed E-state index contributed by atoms with van der Waals surface area (Å²) in [4.78, 5) is 0. The minimum absolute atomic E-state index is 0.0863. The molecule has 0 heterocycles. The van der Waals surface area contributed by atoms with Crippen LogP contribution in [-0.2, 0) is 6.42 Å². The van der Waals surface area contributed by atoms with E-state index in [0.29, 0.717) is 17.2 Å². The SMILES string of the molecule is CCCc1ccc(-c2cc(F)c(-c3ccc4cc(F)c(F)cc4c3)c(F)c2)c(F)c1. The van der Waals surface area contributed by atoms with Crippen molar-refractivity contribution in [3.63, 3.8) is 0 Å². The molecule has 5 heteroatoms. The monoisotopic (exact) mass is 412 g/mol. The van der Waals surface area contributed by atoms with Crippen molar-refractivity contribution in [3.8, 4) is 22.3 Å². The lowest BCUT2D eigenvalue weighted by Gasteiger charge is -2.11. The van der Waals surface area contributed by atoms with Crippen LogP contribution in [0.5, 0.6) is 0 Å². The van der Waals surface area contributed by atoms with Crippen LogP contribution in [0, 0.1) is 29.1 Å². The number of fused-ring (bicyclic) bond motifs is 1. The van der Waals surface area contributed by atoms with Crippen LogP contribution in [0.3, 0.4) is 0 Å². The van der Waals surface area contributed by atoms with Crippen LogP contribution in [0.4, 0.5) is 22.0 Å². The van der Waals surface area contributed by atoms with E-state index in [1.54, 1.807) is 6.07 Å². The van der Waals surface area contributed by atoms with E-state index in [1.807, 2.05) is 6.92 Å². The first-order valence-electron chi connectivity index (χ1n) is 9.54. The quantitative estimate of drug-likeness (QED) is 0.300. The number of benzene rings is 4. The Morgan fingerprint density at radius 2 is 1.23 bits per heavy atom. The molecule has 4 aromatic rings. The van der Waals surface area contributed by atoms with Crippen molar-refractivity contribution in [2.24, 2.45) is 0 Å². The van der Waals surface area contributed by atoms with E-state index >= 15 is 0 Å². The standard InChI is InChI=1S/C25H17F5/c1-2-3-14-4-7-19(20(26)8-14)18-12-23(29)25(24(30)13-18)16-6-5-15-10-21(27)22(28)11-17(15)9-16/h4-13H,2-3H2,1H3. The number of hydrogen-bond acceptors (Lipinski definition) is 0. The lowest BCUT2D eigenvalue weighted by atomic mass is 9.96. The van der Waals surface area contributed by atoms with Crippen molar-refractivity contribution in [2.45, 2.75) is 19.8 Å². The Bertz CT molecular complexity index is 1240. The molecule has 0 saturated heterocycles. The van der Waals surface area contributed by atoms with E-state index in [-0.39, 0.29) is 22.3 Å². The molecule has 0 spiro atoms. The second kappa shape index (κ2) is 7.90. The summed E-state index contributed by atoms with van der Waals surface area (Å²) < 4.78 is 71.1. The molecule has 0 unspecified atom stereocenters. The van der Waals surface area contributed by atoms with Crippen molar-refractivity contribution in [1.29, 1.82) is 0 Å². The van der Waals surface area contributed by atoms with Gasteiger partial charge in [-0.05, 0) is 70.3 Å². The van der Waals surface area contributed by atoms with Crippen molar-refractivity contribution in [2.75, 3.05) is 0 Å². The van der Waals surface area contributed by atoms with Gasteiger partial charge in [-0.15, -0.1) is 0 Å². The van der Waals surface area contributed by atoms with Gasteiger partial charge in [0.25, 0.3) is 0 Å². The molecular formula is C25H17F5. The van der Waals surface area contributed by atoms with Gasteiger partial charge in [0.2, 0.25) is 0 Å². The molecule has 0 aliphatic heterocycles. The molecule has 30 heavy (non-hydrogen) atoms. The normalized spacial score (nSPS) is 11.3. The summed E-state index contributed by atoms with van der Waals surface area (Å²) in [5.41, 5.74) is 0.872. The van der Waals surface area contributed by atoms with Crippen LogP contribution < -0.4 is 0 Å². The average Bonchev–Trinajstić information content (AvgIpc) is 2.69. The highest BCUT2D eigenvalue weighted by Crippen LogP contribution is 2.34. The van der Waals surface area contributed by atoms with E-state index in [4.69, 9.17) is 0 Å². The lowest BCUT2D eigenvalue weighted by Crippen LogP contribution is -1.95. The molecule has 4 rings (SSSR count). The molecule has 0 aliphatic rings. The molecule has 0 bridgehead atoms. The van der Waals surface area contributed by atoms with E-state index in [9.17, 15) is 22.0 Å². The summed E-state index contributed by atoms with van der Waals surface area (Å²) in [7, 11) is 0. The van der Waals surface area contributed by atoms with Crippen molar-refractivity contribution < 1.29 is 22.0 Å². The minimum atomic E-state index is -1.04. The zero-order chi connectivity index (χ0) is 21.4. The maximum Gasteiger partial charge on any atom is 0.159 e. The molecule has 0 saturated carbocycles. The zero-order valence-electron chi connectivity index (χ0n) is 16.1. The molecule has 0 atom stereocenters. The van der Waals surface area contributed by atoms with Gasteiger partial charge in [-0.3, -0.25) is 0 Å². The van der Waals surface area contributed by atoms with Gasteiger partial charge >= 0.3 is 0 Å². The van der Waals surface area contributed by atoms with Gasteiger partial charge < -0.3 is 0 Å². The highest BCUT2D eigenvalue weighted by atomic mass is 19.2.